The fraction of sp³-hybridized carbons (Fsp3) is 0.300. The molecular weight excluding hydrogens is 361 g/mol. The van der Waals surface area contributed by atoms with Gasteiger partial charge in [0.2, 0.25) is 5.91 Å². The van der Waals surface area contributed by atoms with Crippen molar-refractivity contribution in [2.75, 3.05) is 31.1 Å². The molecule has 7 nitrogen and oxygen atoms in total. The second-order valence-electron chi connectivity index (χ2n) is 6.94. The van der Waals surface area contributed by atoms with E-state index >= 15 is 0 Å². The van der Waals surface area contributed by atoms with Gasteiger partial charge in [-0.25, -0.2) is 9.18 Å². The highest BCUT2D eigenvalue weighted by molar-refractivity contribution is 5.81. The number of imidazole rings is 1. The van der Waals surface area contributed by atoms with Gasteiger partial charge in [-0.1, -0.05) is 12.1 Å². The van der Waals surface area contributed by atoms with Crippen LogP contribution in [0.1, 0.15) is 11.1 Å². The van der Waals surface area contributed by atoms with Crippen LogP contribution in [0, 0.1) is 5.82 Å². The number of fused-ring (bicyclic) bond motifs is 1. The number of carbonyl (C=O) groups excluding carboxylic acids is 1. The molecule has 0 bridgehead atoms. The molecule has 2 heterocycles. The first-order chi connectivity index (χ1) is 13.6. The number of carbonyl (C=O) groups is 1. The van der Waals surface area contributed by atoms with Crippen molar-refractivity contribution in [3.63, 3.8) is 0 Å². The Bertz CT molecular complexity index is 1050. The van der Waals surface area contributed by atoms with Gasteiger partial charge in [0.15, 0.2) is 0 Å². The van der Waals surface area contributed by atoms with Crippen molar-refractivity contribution < 1.29 is 9.18 Å². The number of halogens is 1. The van der Waals surface area contributed by atoms with E-state index in [9.17, 15) is 14.0 Å². The Morgan fingerprint density at radius 2 is 1.79 bits per heavy atom. The molecule has 0 aliphatic carbocycles. The van der Waals surface area contributed by atoms with Gasteiger partial charge in [-0.15, -0.1) is 0 Å². The van der Waals surface area contributed by atoms with E-state index in [0.29, 0.717) is 16.7 Å². The molecule has 1 saturated heterocycles. The number of amides is 1. The van der Waals surface area contributed by atoms with Gasteiger partial charge in [0, 0.05) is 32.7 Å². The number of nitrogens with one attached hydrogen (secondary N) is 4. The summed E-state index contributed by atoms with van der Waals surface area (Å²) in [6.07, 6.45) is 0.185. The van der Waals surface area contributed by atoms with Crippen LogP contribution in [-0.4, -0.2) is 42.1 Å². The molecule has 1 amide bonds. The topological polar surface area (TPSA) is 93.0 Å². The van der Waals surface area contributed by atoms with Gasteiger partial charge >= 0.3 is 5.69 Å². The molecular formula is C20H22FN5O2. The SMILES string of the molecule is O=C(Cc1ccc2[nH]c(=O)[nH]c2c1)NCc1ccc(N2CCNCC2)c(F)c1. The fourth-order valence-electron chi connectivity index (χ4n) is 3.46. The van der Waals surface area contributed by atoms with Gasteiger partial charge in [-0.3, -0.25) is 4.79 Å². The summed E-state index contributed by atoms with van der Waals surface area (Å²) in [5, 5.41) is 6.07. The van der Waals surface area contributed by atoms with E-state index in [4.69, 9.17) is 0 Å². The number of aromatic nitrogens is 2. The summed E-state index contributed by atoms with van der Waals surface area (Å²) < 4.78 is 14.4. The zero-order valence-electron chi connectivity index (χ0n) is 15.3. The van der Waals surface area contributed by atoms with E-state index in [1.54, 1.807) is 24.3 Å². The first-order valence-corrected chi connectivity index (χ1v) is 9.30. The van der Waals surface area contributed by atoms with Crippen molar-refractivity contribution in [3.8, 4) is 0 Å². The molecule has 8 heteroatoms. The van der Waals surface area contributed by atoms with Crippen molar-refractivity contribution in [2.45, 2.75) is 13.0 Å². The number of benzene rings is 2. The largest absolute Gasteiger partial charge is 0.367 e. The van der Waals surface area contributed by atoms with Gasteiger partial charge < -0.3 is 25.5 Å². The van der Waals surface area contributed by atoms with Crippen LogP contribution in [-0.2, 0) is 17.8 Å². The lowest BCUT2D eigenvalue weighted by Gasteiger charge is -2.29. The standard InChI is InChI=1S/C20H22FN5O2/c21-15-9-14(2-4-18(15)26-7-5-22-6-8-26)12-23-19(27)11-13-1-3-16-17(10-13)25-20(28)24-16/h1-4,9-10,22H,5-8,11-12H2,(H,23,27)(H2,24,25,28). The smallest absolute Gasteiger partial charge is 0.323 e. The lowest BCUT2D eigenvalue weighted by Crippen LogP contribution is -2.43. The van der Waals surface area contributed by atoms with Gasteiger partial charge in [0.1, 0.15) is 5.82 Å². The molecule has 1 fully saturated rings. The number of rotatable bonds is 5. The Labute approximate surface area is 160 Å². The van der Waals surface area contributed by atoms with E-state index < -0.39 is 0 Å². The van der Waals surface area contributed by atoms with Crippen LogP contribution in [0.15, 0.2) is 41.2 Å². The minimum absolute atomic E-state index is 0.163. The molecule has 4 N–H and O–H groups in total. The third-order valence-corrected chi connectivity index (χ3v) is 4.90. The zero-order valence-corrected chi connectivity index (χ0v) is 15.3. The summed E-state index contributed by atoms with van der Waals surface area (Å²) in [6, 6.07) is 10.4. The molecule has 28 heavy (non-hydrogen) atoms. The summed E-state index contributed by atoms with van der Waals surface area (Å²) >= 11 is 0. The van der Waals surface area contributed by atoms with E-state index in [1.807, 2.05) is 11.0 Å². The lowest BCUT2D eigenvalue weighted by atomic mass is 10.1. The van der Waals surface area contributed by atoms with Gasteiger partial charge in [0.25, 0.3) is 0 Å². The maximum atomic E-state index is 14.4. The van der Waals surface area contributed by atoms with Gasteiger partial charge in [-0.05, 0) is 35.4 Å². The van der Waals surface area contributed by atoms with Gasteiger partial charge in [-0.2, -0.15) is 0 Å². The minimum Gasteiger partial charge on any atom is -0.367 e. The number of piperazine rings is 1. The quantitative estimate of drug-likeness (QED) is 0.534. The van der Waals surface area contributed by atoms with E-state index in [2.05, 4.69) is 20.6 Å². The Morgan fingerprint density at radius 3 is 2.57 bits per heavy atom. The van der Waals surface area contributed by atoms with Gasteiger partial charge in [0.05, 0.1) is 23.1 Å². The summed E-state index contributed by atoms with van der Waals surface area (Å²) in [4.78, 5) is 30.9. The Morgan fingerprint density at radius 1 is 1.04 bits per heavy atom. The molecule has 4 rings (SSSR count). The van der Waals surface area contributed by atoms with E-state index in [-0.39, 0.29) is 30.4 Å². The van der Waals surface area contributed by atoms with Crippen molar-refractivity contribution in [1.29, 1.82) is 0 Å². The molecule has 146 valence electrons. The summed E-state index contributed by atoms with van der Waals surface area (Å²) in [5.74, 6) is -0.431. The van der Waals surface area contributed by atoms with Crippen LogP contribution in [0.25, 0.3) is 11.0 Å². The van der Waals surface area contributed by atoms with Crippen LogP contribution < -0.4 is 21.2 Å². The number of nitrogens with zero attached hydrogens (tertiary/aromatic N) is 1. The number of hydrogen-bond donors (Lipinski definition) is 4. The summed E-state index contributed by atoms with van der Waals surface area (Å²) in [5.41, 5.74) is 3.21. The molecule has 0 spiro atoms. The molecule has 0 radical (unpaired) electrons. The number of H-pyrrole nitrogens is 2. The number of anilines is 1. The van der Waals surface area contributed by atoms with Crippen LogP contribution in [0.5, 0.6) is 0 Å². The highest BCUT2D eigenvalue weighted by Gasteiger charge is 2.15. The van der Waals surface area contributed by atoms with Crippen LogP contribution in [0.3, 0.4) is 0 Å². The third-order valence-electron chi connectivity index (χ3n) is 4.90. The first-order valence-electron chi connectivity index (χ1n) is 9.30. The Balaban J connectivity index is 1.35. The zero-order chi connectivity index (χ0) is 19.5. The second kappa shape index (κ2) is 7.85. The molecule has 1 aliphatic rings. The maximum Gasteiger partial charge on any atom is 0.323 e. The summed E-state index contributed by atoms with van der Waals surface area (Å²) in [7, 11) is 0. The highest BCUT2D eigenvalue weighted by Crippen LogP contribution is 2.21. The average Bonchev–Trinajstić information content (AvgIpc) is 3.06. The van der Waals surface area contributed by atoms with E-state index in [0.717, 1.165) is 37.3 Å². The lowest BCUT2D eigenvalue weighted by molar-refractivity contribution is -0.120. The van der Waals surface area contributed by atoms with Crippen molar-refractivity contribution >= 4 is 22.6 Å². The predicted octanol–water partition coefficient (Wildman–Crippen LogP) is 1.26. The van der Waals surface area contributed by atoms with Crippen LogP contribution in [0.4, 0.5) is 10.1 Å². The number of aromatic amines is 2. The fourth-order valence-corrected chi connectivity index (χ4v) is 3.46. The second-order valence-corrected chi connectivity index (χ2v) is 6.94. The van der Waals surface area contributed by atoms with Crippen LogP contribution >= 0.6 is 0 Å². The van der Waals surface area contributed by atoms with E-state index in [1.165, 1.54) is 6.07 Å². The first kappa shape index (κ1) is 18.2. The molecule has 0 unspecified atom stereocenters. The van der Waals surface area contributed by atoms with Crippen molar-refractivity contribution in [1.82, 2.24) is 20.6 Å². The van der Waals surface area contributed by atoms with Crippen molar-refractivity contribution in [2.24, 2.45) is 0 Å². The number of hydrogen-bond acceptors (Lipinski definition) is 4. The minimum atomic E-state index is -0.275. The summed E-state index contributed by atoms with van der Waals surface area (Å²) in [6.45, 7) is 3.52. The Kier molecular flexibility index (Phi) is 5.12. The molecule has 2 aromatic carbocycles. The molecule has 0 atom stereocenters. The monoisotopic (exact) mass is 383 g/mol. The maximum absolute atomic E-state index is 14.4. The Hall–Kier alpha value is -3.13. The molecule has 0 saturated carbocycles. The third kappa shape index (κ3) is 4.07. The molecule has 1 aliphatic heterocycles. The average molecular weight is 383 g/mol. The molecule has 1 aromatic heterocycles. The van der Waals surface area contributed by atoms with Crippen molar-refractivity contribution in [3.05, 3.63) is 63.8 Å². The predicted molar refractivity (Wildman–Crippen MR) is 106 cm³/mol. The van der Waals surface area contributed by atoms with Crippen LogP contribution in [0.2, 0.25) is 0 Å². The molecule has 3 aromatic rings. The normalized spacial score (nSPS) is 14.4. The highest BCUT2D eigenvalue weighted by atomic mass is 19.1.